The molecule has 2 atom stereocenters. The van der Waals surface area contributed by atoms with Gasteiger partial charge in [0.1, 0.15) is 5.75 Å². The van der Waals surface area contributed by atoms with Crippen LogP contribution in [0.5, 0.6) is 5.75 Å². The topological polar surface area (TPSA) is 21.3 Å². The summed E-state index contributed by atoms with van der Waals surface area (Å²) in [5.41, 5.74) is 1.31. The smallest absolute Gasteiger partial charge is 0.119 e. The fraction of sp³-hybridized carbons (Fsp3) is 0.600. The molecule has 2 rings (SSSR count). The molecule has 0 heterocycles. The summed E-state index contributed by atoms with van der Waals surface area (Å²) in [5, 5.41) is 3.68. The predicted molar refractivity (Wildman–Crippen MR) is 71.3 cm³/mol. The summed E-state index contributed by atoms with van der Waals surface area (Å²) >= 11 is 0. The van der Waals surface area contributed by atoms with Crippen LogP contribution < -0.4 is 10.1 Å². The Morgan fingerprint density at radius 1 is 1.29 bits per heavy atom. The third-order valence-electron chi connectivity index (χ3n) is 3.81. The molecular weight excluding hydrogens is 210 g/mol. The maximum atomic E-state index is 5.24. The molecule has 2 heteroatoms. The van der Waals surface area contributed by atoms with Crippen molar-refractivity contribution in [2.45, 2.75) is 45.2 Å². The molecular formula is C15H23NO. The van der Waals surface area contributed by atoms with Gasteiger partial charge >= 0.3 is 0 Å². The van der Waals surface area contributed by atoms with E-state index in [1.807, 2.05) is 6.07 Å². The minimum Gasteiger partial charge on any atom is -0.497 e. The summed E-state index contributed by atoms with van der Waals surface area (Å²) in [6.45, 7) is 3.31. The molecule has 0 amide bonds. The first-order valence-corrected chi connectivity index (χ1v) is 6.66. The number of rotatable bonds is 4. The van der Waals surface area contributed by atoms with E-state index >= 15 is 0 Å². The lowest BCUT2D eigenvalue weighted by Crippen LogP contribution is -2.36. The summed E-state index contributed by atoms with van der Waals surface area (Å²) in [7, 11) is 1.72. The second-order valence-corrected chi connectivity index (χ2v) is 5.10. The van der Waals surface area contributed by atoms with Crippen molar-refractivity contribution in [3.8, 4) is 5.75 Å². The van der Waals surface area contributed by atoms with E-state index in [4.69, 9.17) is 4.74 Å². The molecule has 0 unspecified atom stereocenters. The summed E-state index contributed by atoms with van der Waals surface area (Å²) in [6, 6.07) is 9.01. The van der Waals surface area contributed by atoms with Gasteiger partial charge in [0.25, 0.3) is 0 Å². The number of hydrogen-bond acceptors (Lipinski definition) is 2. The minimum atomic E-state index is 0.690. The summed E-state index contributed by atoms with van der Waals surface area (Å²) in [5.74, 6) is 1.76. The zero-order chi connectivity index (χ0) is 12.1. The molecule has 17 heavy (non-hydrogen) atoms. The minimum absolute atomic E-state index is 0.690. The maximum absolute atomic E-state index is 5.24. The lowest BCUT2D eigenvalue weighted by Gasteiger charge is -2.29. The largest absolute Gasteiger partial charge is 0.497 e. The number of hydrogen-bond donors (Lipinski definition) is 1. The van der Waals surface area contributed by atoms with Crippen molar-refractivity contribution >= 4 is 0 Å². The van der Waals surface area contributed by atoms with Gasteiger partial charge < -0.3 is 10.1 Å². The van der Waals surface area contributed by atoms with Gasteiger partial charge in [0, 0.05) is 12.6 Å². The Labute approximate surface area is 104 Å². The normalized spacial score (nSPS) is 24.6. The van der Waals surface area contributed by atoms with Crippen molar-refractivity contribution in [2.24, 2.45) is 5.92 Å². The SMILES string of the molecule is COc1cccc(CN[C@H]2CCCC[C@H]2C)c1. The number of methoxy groups -OCH3 is 1. The van der Waals surface area contributed by atoms with Gasteiger partial charge in [-0.3, -0.25) is 0 Å². The Bertz CT molecular complexity index is 351. The van der Waals surface area contributed by atoms with Gasteiger partial charge in [-0.25, -0.2) is 0 Å². The van der Waals surface area contributed by atoms with Crippen LogP contribution in [0.4, 0.5) is 0 Å². The second kappa shape index (κ2) is 6.06. The molecule has 0 saturated heterocycles. The molecule has 1 aliphatic carbocycles. The zero-order valence-electron chi connectivity index (χ0n) is 10.9. The van der Waals surface area contributed by atoms with Gasteiger partial charge in [-0.2, -0.15) is 0 Å². The third kappa shape index (κ3) is 3.47. The van der Waals surface area contributed by atoms with Gasteiger partial charge in [-0.05, 0) is 36.5 Å². The average Bonchev–Trinajstić information content (AvgIpc) is 2.38. The molecule has 0 bridgehead atoms. The van der Waals surface area contributed by atoms with Crippen LogP contribution in [0.15, 0.2) is 24.3 Å². The van der Waals surface area contributed by atoms with Crippen LogP contribution in [-0.2, 0) is 6.54 Å². The van der Waals surface area contributed by atoms with Gasteiger partial charge in [0.05, 0.1) is 7.11 Å². The maximum Gasteiger partial charge on any atom is 0.119 e. The fourth-order valence-electron chi connectivity index (χ4n) is 2.65. The van der Waals surface area contributed by atoms with Crippen molar-refractivity contribution in [3.05, 3.63) is 29.8 Å². The van der Waals surface area contributed by atoms with Crippen LogP contribution >= 0.6 is 0 Å². The Morgan fingerprint density at radius 2 is 2.12 bits per heavy atom. The monoisotopic (exact) mass is 233 g/mol. The standard InChI is InChI=1S/C15H23NO/c1-12-6-3-4-9-15(12)16-11-13-7-5-8-14(10-13)17-2/h5,7-8,10,12,15-16H,3-4,6,9,11H2,1-2H3/t12-,15+/m1/s1. The van der Waals surface area contributed by atoms with Crippen molar-refractivity contribution in [2.75, 3.05) is 7.11 Å². The molecule has 1 aliphatic rings. The van der Waals surface area contributed by atoms with E-state index in [0.717, 1.165) is 18.2 Å². The number of benzene rings is 1. The molecule has 2 nitrogen and oxygen atoms in total. The van der Waals surface area contributed by atoms with Crippen LogP contribution in [0, 0.1) is 5.92 Å². The molecule has 0 radical (unpaired) electrons. The highest BCUT2D eigenvalue weighted by molar-refractivity contribution is 5.28. The highest BCUT2D eigenvalue weighted by Gasteiger charge is 2.20. The van der Waals surface area contributed by atoms with Crippen LogP contribution in [0.1, 0.15) is 38.2 Å². The number of nitrogens with one attached hydrogen (secondary N) is 1. The van der Waals surface area contributed by atoms with E-state index in [1.54, 1.807) is 7.11 Å². The summed E-state index contributed by atoms with van der Waals surface area (Å²) in [4.78, 5) is 0. The fourth-order valence-corrected chi connectivity index (χ4v) is 2.65. The first-order chi connectivity index (χ1) is 8.29. The van der Waals surface area contributed by atoms with Gasteiger partial charge in [-0.1, -0.05) is 31.9 Å². The van der Waals surface area contributed by atoms with E-state index in [9.17, 15) is 0 Å². The van der Waals surface area contributed by atoms with Gasteiger partial charge in [0.2, 0.25) is 0 Å². The molecule has 0 aliphatic heterocycles. The van der Waals surface area contributed by atoms with E-state index < -0.39 is 0 Å². The van der Waals surface area contributed by atoms with Crippen LogP contribution in [0.2, 0.25) is 0 Å². The predicted octanol–water partition coefficient (Wildman–Crippen LogP) is 3.36. The zero-order valence-corrected chi connectivity index (χ0v) is 10.9. The lowest BCUT2D eigenvalue weighted by atomic mass is 9.86. The van der Waals surface area contributed by atoms with E-state index in [0.29, 0.717) is 6.04 Å². The summed E-state index contributed by atoms with van der Waals surface area (Å²) in [6.07, 6.45) is 5.47. The van der Waals surface area contributed by atoms with Gasteiger partial charge in [-0.15, -0.1) is 0 Å². The van der Waals surface area contributed by atoms with E-state index in [1.165, 1.54) is 31.2 Å². The molecule has 94 valence electrons. The van der Waals surface area contributed by atoms with Crippen LogP contribution in [-0.4, -0.2) is 13.2 Å². The Hall–Kier alpha value is -1.02. The quantitative estimate of drug-likeness (QED) is 0.861. The molecule has 0 spiro atoms. The number of ether oxygens (including phenoxy) is 1. The van der Waals surface area contributed by atoms with E-state index in [-0.39, 0.29) is 0 Å². The van der Waals surface area contributed by atoms with Crippen molar-refractivity contribution < 1.29 is 4.74 Å². The van der Waals surface area contributed by atoms with Crippen LogP contribution in [0.3, 0.4) is 0 Å². The lowest BCUT2D eigenvalue weighted by molar-refractivity contribution is 0.279. The first-order valence-electron chi connectivity index (χ1n) is 6.66. The van der Waals surface area contributed by atoms with E-state index in [2.05, 4.69) is 30.4 Å². The van der Waals surface area contributed by atoms with Crippen molar-refractivity contribution in [3.63, 3.8) is 0 Å². The second-order valence-electron chi connectivity index (χ2n) is 5.10. The highest BCUT2D eigenvalue weighted by Crippen LogP contribution is 2.24. The van der Waals surface area contributed by atoms with Crippen molar-refractivity contribution in [1.82, 2.24) is 5.32 Å². The molecule has 1 aromatic rings. The summed E-state index contributed by atoms with van der Waals surface area (Å²) < 4.78 is 5.24. The highest BCUT2D eigenvalue weighted by atomic mass is 16.5. The molecule has 1 fully saturated rings. The molecule has 1 N–H and O–H groups in total. The Kier molecular flexibility index (Phi) is 4.43. The van der Waals surface area contributed by atoms with Gasteiger partial charge in [0.15, 0.2) is 0 Å². The van der Waals surface area contributed by atoms with Crippen molar-refractivity contribution in [1.29, 1.82) is 0 Å². The molecule has 1 aromatic carbocycles. The Balaban J connectivity index is 1.88. The molecule has 0 aromatic heterocycles. The van der Waals surface area contributed by atoms with Crippen LogP contribution in [0.25, 0.3) is 0 Å². The third-order valence-corrected chi connectivity index (χ3v) is 3.81. The first kappa shape index (κ1) is 12.4. The average molecular weight is 233 g/mol. The Morgan fingerprint density at radius 3 is 2.88 bits per heavy atom. The molecule has 1 saturated carbocycles.